The molecule has 2 N–H and O–H groups in total. The van der Waals surface area contributed by atoms with Gasteiger partial charge in [0.2, 0.25) is 5.95 Å². The molecule has 2 aromatic heterocycles. The molecular formula is C11H12ClN5O. The number of aromatic nitrogens is 4. The summed E-state index contributed by atoms with van der Waals surface area (Å²) in [7, 11) is 0. The van der Waals surface area contributed by atoms with Gasteiger partial charge >= 0.3 is 0 Å². The van der Waals surface area contributed by atoms with Crippen molar-refractivity contribution in [1.82, 2.24) is 19.7 Å². The lowest BCUT2D eigenvalue weighted by Gasteiger charge is -2.03. The lowest BCUT2D eigenvalue weighted by Crippen LogP contribution is -2.13. The standard InChI is InChI=1S/C11H12ClN5O/c1-2-6-17-9-8(7-14-17)10(18)16-11(15-9)13-5-3-4-12/h2-4,7H,1,5-6H2,(H2,13,15,16,18)/b4-3+. The third-order valence-electron chi connectivity index (χ3n) is 2.28. The van der Waals surface area contributed by atoms with Gasteiger partial charge in [-0.15, -0.1) is 6.58 Å². The first kappa shape index (κ1) is 12.4. The maximum atomic E-state index is 11.8. The van der Waals surface area contributed by atoms with Crippen molar-refractivity contribution in [3.05, 3.63) is 40.8 Å². The molecule has 0 fully saturated rings. The summed E-state index contributed by atoms with van der Waals surface area (Å²) in [6, 6.07) is 0. The second-order valence-corrected chi connectivity index (χ2v) is 3.76. The summed E-state index contributed by atoms with van der Waals surface area (Å²) >= 11 is 5.41. The Hall–Kier alpha value is -2.08. The first-order valence-corrected chi connectivity index (χ1v) is 5.75. The molecule has 0 aliphatic heterocycles. The minimum atomic E-state index is -0.229. The molecule has 0 saturated carbocycles. The van der Waals surface area contributed by atoms with E-state index in [4.69, 9.17) is 11.6 Å². The van der Waals surface area contributed by atoms with Gasteiger partial charge in [-0.05, 0) is 0 Å². The Labute approximate surface area is 108 Å². The molecule has 0 bridgehead atoms. The van der Waals surface area contributed by atoms with E-state index in [1.165, 1.54) is 11.7 Å². The van der Waals surface area contributed by atoms with E-state index in [1.54, 1.807) is 16.8 Å². The minimum Gasteiger partial charge on any atom is -0.352 e. The van der Waals surface area contributed by atoms with Gasteiger partial charge in [0.25, 0.3) is 5.56 Å². The average Bonchev–Trinajstić information content (AvgIpc) is 2.74. The smallest absolute Gasteiger partial charge is 0.263 e. The number of fused-ring (bicyclic) bond motifs is 1. The number of nitrogens with zero attached hydrogens (tertiary/aromatic N) is 3. The van der Waals surface area contributed by atoms with Gasteiger partial charge < -0.3 is 5.32 Å². The van der Waals surface area contributed by atoms with Gasteiger partial charge in [-0.1, -0.05) is 23.8 Å². The number of hydrogen-bond acceptors (Lipinski definition) is 4. The van der Waals surface area contributed by atoms with Gasteiger partial charge in [0.15, 0.2) is 5.65 Å². The Morgan fingerprint density at radius 1 is 1.61 bits per heavy atom. The molecule has 0 spiro atoms. The molecule has 2 rings (SSSR count). The second-order valence-electron chi connectivity index (χ2n) is 3.51. The maximum absolute atomic E-state index is 11.8. The van der Waals surface area contributed by atoms with Crippen molar-refractivity contribution < 1.29 is 0 Å². The third-order valence-corrected chi connectivity index (χ3v) is 2.46. The van der Waals surface area contributed by atoms with Crippen LogP contribution in [0.2, 0.25) is 0 Å². The number of hydrogen-bond donors (Lipinski definition) is 2. The zero-order valence-corrected chi connectivity index (χ0v) is 10.3. The first-order chi connectivity index (χ1) is 8.76. The lowest BCUT2D eigenvalue weighted by atomic mass is 10.4. The molecule has 0 aliphatic rings. The Morgan fingerprint density at radius 2 is 2.44 bits per heavy atom. The summed E-state index contributed by atoms with van der Waals surface area (Å²) in [6.45, 7) is 4.61. The van der Waals surface area contributed by atoms with E-state index in [1.807, 2.05) is 0 Å². The SMILES string of the molecule is C=CCn1ncc2c(=O)[nH]c(NC/C=C/Cl)nc21. The van der Waals surface area contributed by atoms with Crippen molar-refractivity contribution in [2.45, 2.75) is 6.54 Å². The number of aromatic amines is 1. The molecule has 7 heteroatoms. The highest BCUT2D eigenvalue weighted by atomic mass is 35.5. The van der Waals surface area contributed by atoms with Crippen LogP contribution in [0.15, 0.2) is 35.3 Å². The van der Waals surface area contributed by atoms with Gasteiger partial charge in [-0.3, -0.25) is 9.78 Å². The largest absolute Gasteiger partial charge is 0.352 e. The highest BCUT2D eigenvalue weighted by Crippen LogP contribution is 2.08. The topological polar surface area (TPSA) is 75.6 Å². The van der Waals surface area contributed by atoms with Crippen molar-refractivity contribution in [3.63, 3.8) is 0 Å². The molecule has 0 atom stereocenters. The minimum absolute atomic E-state index is 0.229. The van der Waals surface area contributed by atoms with Gasteiger partial charge in [0.1, 0.15) is 5.39 Å². The molecule has 2 heterocycles. The highest BCUT2D eigenvalue weighted by Gasteiger charge is 2.08. The fourth-order valence-corrected chi connectivity index (χ4v) is 1.59. The Balaban J connectivity index is 2.41. The molecule has 18 heavy (non-hydrogen) atoms. The predicted molar refractivity (Wildman–Crippen MR) is 71.8 cm³/mol. The molecular weight excluding hydrogens is 254 g/mol. The van der Waals surface area contributed by atoms with Crippen LogP contribution in [0.3, 0.4) is 0 Å². The summed E-state index contributed by atoms with van der Waals surface area (Å²) in [4.78, 5) is 18.7. The summed E-state index contributed by atoms with van der Waals surface area (Å²) in [5.74, 6) is 0.382. The number of nitrogens with one attached hydrogen (secondary N) is 2. The molecule has 2 aromatic rings. The van der Waals surface area contributed by atoms with Crippen LogP contribution in [-0.4, -0.2) is 26.3 Å². The molecule has 0 aromatic carbocycles. The van der Waals surface area contributed by atoms with Crippen LogP contribution >= 0.6 is 11.6 Å². The first-order valence-electron chi connectivity index (χ1n) is 5.32. The van der Waals surface area contributed by atoms with Crippen LogP contribution in [0.1, 0.15) is 0 Å². The number of rotatable bonds is 5. The Kier molecular flexibility index (Phi) is 3.78. The molecule has 0 radical (unpaired) electrons. The lowest BCUT2D eigenvalue weighted by molar-refractivity contribution is 0.720. The molecule has 0 amide bonds. The van der Waals surface area contributed by atoms with E-state index in [9.17, 15) is 4.79 Å². The third kappa shape index (κ3) is 2.43. The molecule has 6 nitrogen and oxygen atoms in total. The van der Waals surface area contributed by atoms with Crippen LogP contribution in [0.4, 0.5) is 5.95 Å². The van der Waals surface area contributed by atoms with Crippen LogP contribution < -0.4 is 10.9 Å². The number of H-pyrrole nitrogens is 1. The van der Waals surface area contributed by atoms with Crippen LogP contribution in [0, 0.1) is 0 Å². The monoisotopic (exact) mass is 265 g/mol. The van der Waals surface area contributed by atoms with E-state index in [2.05, 4.69) is 27.0 Å². The van der Waals surface area contributed by atoms with Crippen molar-refractivity contribution in [2.75, 3.05) is 11.9 Å². The fourth-order valence-electron chi connectivity index (χ4n) is 1.51. The van der Waals surface area contributed by atoms with Gasteiger partial charge in [-0.25, -0.2) is 4.68 Å². The van der Waals surface area contributed by atoms with E-state index < -0.39 is 0 Å². The van der Waals surface area contributed by atoms with Gasteiger partial charge in [0.05, 0.1) is 12.7 Å². The quantitative estimate of drug-likeness (QED) is 0.803. The van der Waals surface area contributed by atoms with Crippen LogP contribution in [-0.2, 0) is 6.54 Å². The molecule has 0 unspecified atom stereocenters. The molecule has 0 aliphatic carbocycles. The van der Waals surface area contributed by atoms with E-state index in [0.29, 0.717) is 30.1 Å². The zero-order valence-electron chi connectivity index (χ0n) is 9.56. The van der Waals surface area contributed by atoms with Crippen LogP contribution in [0.5, 0.6) is 0 Å². The summed E-state index contributed by atoms with van der Waals surface area (Å²) < 4.78 is 1.61. The van der Waals surface area contributed by atoms with Gasteiger partial charge in [-0.2, -0.15) is 10.1 Å². The van der Waals surface area contributed by atoms with Crippen molar-refractivity contribution in [3.8, 4) is 0 Å². The number of anilines is 1. The highest BCUT2D eigenvalue weighted by molar-refractivity contribution is 6.25. The van der Waals surface area contributed by atoms with Crippen molar-refractivity contribution in [1.29, 1.82) is 0 Å². The summed E-state index contributed by atoms with van der Waals surface area (Å²) in [5, 5.41) is 7.47. The molecule has 0 saturated heterocycles. The second kappa shape index (κ2) is 5.50. The Morgan fingerprint density at radius 3 is 3.17 bits per heavy atom. The van der Waals surface area contributed by atoms with Crippen LogP contribution in [0.25, 0.3) is 11.0 Å². The molecule has 94 valence electrons. The Bertz CT molecular complexity index is 642. The maximum Gasteiger partial charge on any atom is 0.263 e. The van der Waals surface area contributed by atoms with E-state index >= 15 is 0 Å². The number of allylic oxidation sites excluding steroid dienone is 1. The fraction of sp³-hybridized carbons (Fsp3) is 0.182. The zero-order chi connectivity index (χ0) is 13.0. The van der Waals surface area contributed by atoms with Crippen molar-refractivity contribution in [2.24, 2.45) is 0 Å². The average molecular weight is 266 g/mol. The van der Waals surface area contributed by atoms with E-state index in [0.717, 1.165) is 0 Å². The summed E-state index contributed by atoms with van der Waals surface area (Å²) in [5.41, 5.74) is 1.69. The normalized spacial score (nSPS) is 11.2. The predicted octanol–water partition coefficient (Wildman–Crippen LogP) is 1.47. The van der Waals surface area contributed by atoms with Crippen molar-refractivity contribution >= 4 is 28.6 Å². The number of halogens is 1. The van der Waals surface area contributed by atoms with E-state index in [-0.39, 0.29) is 5.56 Å². The van der Waals surface area contributed by atoms with Gasteiger partial charge in [0, 0.05) is 12.1 Å². The summed E-state index contributed by atoms with van der Waals surface area (Å²) in [6.07, 6.45) is 4.89.